The van der Waals surface area contributed by atoms with Gasteiger partial charge in [0.05, 0.1) is 5.56 Å². The van der Waals surface area contributed by atoms with Crippen molar-refractivity contribution < 1.29 is 14.3 Å². The summed E-state index contributed by atoms with van der Waals surface area (Å²) < 4.78 is 13.1. The van der Waals surface area contributed by atoms with Crippen LogP contribution in [0.5, 0.6) is 0 Å². The molecule has 0 spiro atoms. The topological polar surface area (TPSA) is 49.3 Å². The second-order valence-electron chi connectivity index (χ2n) is 3.92. The molecule has 2 rings (SSSR count). The lowest BCUT2D eigenvalue weighted by Gasteiger charge is -2.08. The van der Waals surface area contributed by atoms with Crippen molar-refractivity contribution in [1.82, 2.24) is 0 Å². The van der Waals surface area contributed by atoms with Gasteiger partial charge in [-0.15, -0.1) is 11.3 Å². The van der Waals surface area contributed by atoms with E-state index in [9.17, 15) is 9.18 Å². The number of aryl methyl sites for hydroxylation is 1. The number of carbonyl (C=O) groups is 1. The SMILES string of the molecule is Cc1ccc(F)cc1NCc1cc(C(=O)O)cs1. The molecule has 0 unspecified atom stereocenters. The second kappa shape index (κ2) is 5.18. The summed E-state index contributed by atoms with van der Waals surface area (Å²) in [6, 6.07) is 6.17. The number of thiophene rings is 1. The summed E-state index contributed by atoms with van der Waals surface area (Å²) in [6.07, 6.45) is 0. The number of aromatic carboxylic acids is 1. The molecule has 18 heavy (non-hydrogen) atoms. The van der Waals surface area contributed by atoms with Crippen LogP contribution in [-0.2, 0) is 6.54 Å². The van der Waals surface area contributed by atoms with Crippen LogP contribution in [-0.4, -0.2) is 11.1 Å². The summed E-state index contributed by atoms with van der Waals surface area (Å²) in [5, 5.41) is 13.5. The van der Waals surface area contributed by atoms with Crippen LogP contribution in [0.4, 0.5) is 10.1 Å². The Morgan fingerprint density at radius 1 is 1.44 bits per heavy atom. The molecule has 0 saturated heterocycles. The summed E-state index contributed by atoms with van der Waals surface area (Å²) in [4.78, 5) is 11.6. The number of carboxylic acids is 1. The number of hydrogen-bond donors (Lipinski definition) is 2. The van der Waals surface area contributed by atoms with Gasteiger partial charge in [0.2, 0.25) is 0 Å². The zero-order chi connectivity index (χ0) is 13.1. The molecule has 0 bridgehead atoms. The van der Waals surface area contributed by atoms with Gasteiger partial charge in [0.1, 0.15) is 5.82 Å². The zero-order valence-corrected chi connectivity index (χ0v) is 10.6. The van der Waals surface area contributed by atoms with Gasteiger partial charge in [0.15, 0.2) is 0 Å². The fraction of sp³-hybridized carbons (Fsp3) is 0.154. The Morgan fingerprint density at radius 2 is 2.22 bits per heavy atom. The minimum atomic E-state index is -0.931. The van der Waals surface area contributed by atoms with Crippen molar-refractivity contribution in [2.75, 3.05) is 5.32 Å². The maximum Gasteiger partial charge on any atom is 0.336 e. The molecule has 0 aliphatic heterocycles. The van der Waals surface area contributed by atoms with Gasteiger partial charge in [-0.2, -0.15) is 0 Å². The molecule has 0 radical (unpaired) electrons. The first-order valence-corrected chi connectivity index (χ1v) is 6.25. The lowest BCUT2D eigenvalue weighted by atomic mass is 10.2. The molecule has 1 heterocycles. The van der Waals surface area contributed by atoms with Crippen LogP contribution in [0.3, 0.4) is 0 Å². The molecule has 0 fully saturated rings. The van der Waals surface area contributed by atoms with Gasteiger partial charge < -0.3 is 10.4 Å². The first kappa shape index (κ1) is 12.6. The highest BCUT2D eigenvalue weighted by Gasteiger charge is 2.07. The van der Waals surface area contributed by atoms with Crippen LogP contribution in [0.15, 0.2) is 29.6 Å². The van der Waals surface area contributed by atoms with Crippen molar-refractivity contribution in [3.8, 4) is 0 Å². The minimum absolute atomic E-state index is 0.285. The maximum absolute atomic E-state index is 13.1. The Hall–Kier alpha value is -1.88. The van der Waals surface area contributed by atoms with Gasteiger partial charge in [-0.3, -0.25) is 0 Å². The molecular formula is C13H12FNO2S. The van der Waals surface area contributed by atoms with Crippen molar-refractivity contribution in [3.63, 3.8) is 0 Å². The molecule has 2 aromatic rings. The zero-order valence-electron chi connectivity index (χ0n) is 9.74. The molecule has 0 aliphatic carbocycles. The highest BCUT2D eigenvalue weighted by molar-refractivity contribution is 7.10. The highest BCUT2D eigenvalue weighted by atomic mass is 32.1. The van der Waals surface area contributed by atoms with Crippen molar-refractivity contribution in [1.29, 1.82) is 0 Å². The number of rotatable bonds is 4. The van der Waals surface area contributed by atoms with Crippen LogP contribution in [0.25, 0.3) is 0 Å². The predicted octanol–water partition coefficient (Wildman–Crippen LogP) is 3.51. The van der Waals surface area contributed by atoms with E-state index >= 15 is 0 Å². The number of carboxylic acid groups (broad SMARTS) is 1. The third-order valence-corrected chi connectivity index (χ3v) is 3.49. The predicted molar refractivity (Wildman–Crippen MR) is 69.7 cm³/mol. The summed E-state index contributed by atoms with van der Waals surface area (Å²) in [5.74, 6) is -1.22. The van der Waals surface area contributed by atoms with Crippen LogP contribution in [0.2, 0.25) is 0 Å². The van der Waals surface area contributed by atoms with E-state index in [1.54, 1.807) is 17.5 Å². The van der Waals surface area contributed by atoms with Crippen LogP contribution >= 0.6 is 11.3 Å². The van der Waals surface area contributed by atoms with E-state index < -0.39 is 5.97 Å². The average molecular weight is 265 g/mol. The van der Waals surface area contributed by atoms with Crippen LogP contribution in [0.1, 0.15) is 20.8 Å². The molecule has 0 atom stereocenters. The molecule has 0 amide bonds. The van der Waals surface area contributed by atoms with Crippen LogP contribution in [0, 0.1) is 12.7 Å². The first-order valence-electron chi connectivity index (χ1n) is 5.37. The quantitative estimate of drug-likeness (QED) is 0.889. The fourth-order valence-corrected chi connectivity index (χ4v) is 2.35. The van der Waals surface area contributed by atoms with E-state index in [2.05, 4.69) is 5.32 Å². The first-order chi connectivity index (χ1) is 8.56. The van der Waals surface area contributed by atoms with Gasteiger partial charge in [-0.25, -0.2) is 9.18 Å². The van der Waals surface area contributed by atoms with Crippen molar-refractivity contribution >= 4 is 23.0 Å². The van der Waals surface area contributed by atoms with E-state index in [1.165, 1.54) is 23.5 Å². The van der Waals surface area contributed by atoms with Gasteiger partial charge >= 0.3 is 5.97 Å². The maximum atomic E-state index is 13.1. The number of anilines is 1. The monoisotopic (exact) mass is 265 g/mol. The Balaban J connectivity index is 2.06. The Morgan fingerprint density at radius 3 is 2.89 bits per heavy atom. The molecule has 5 heteroatoms. The summed E-state index contributed by atoms with van der Waals surface area (Å²) in [7, 11) is 0. The Labute approximate surface area is 108 Å². The highest BCUT2D eigenvalue weighted by Crippen LogP contribution is 2.20. The molecule has 2 N–H and O–H groups in total. The van der Waals surface area contributed by atoms with Gasteiger partial charge in [0, 0.05) is 22.5 Å². The lowest BCUT2D eigenvalue weighted by Crippen LogP contribution is -2.00. The van der Waals surface area contributed by atoms with Crippen molar-refractivity contribution in [2.45, 2.75) is 13.5 Å². The van der Waals surface area contributed by atoms with Gasteiger partial charge in [-0.1, -0.05) is 6.07 Å². The van der Waals surface area contributed by atoms with E-state index in [4.69, 9.17) is 5.11 Å². The molecule has 0 saturated carbocycles. The van der Waals surface area contributed by atoms with Crippen LogP contribution < -0.4 is 5.32 Å². The molecule has 1 aromatic carbocycles. The molecule has 0 aliphatic rings. The largest absolute Gasteiger partial charge is 0.478 e. The fourth-order valence-electron chi connectivity index (χ4n) is 1.55. The smallest absolute Gasteiger partial charge is 0.336 e. The Bertz CT molecular complexity index is 580. The number of halogens is 1. The van der Waals surface area contributed by atoms with E-state index in [1.807, 2.05) is 6.92 Å². The minimum Gasteiger partial charge on any atom is -0.478 e. The third-order valence-electron chi connectivity index (χ3n) is 2.55. The molecule has 1 aromatic heterocycles. The number of benzene rings is 1. The molecule has 3 nitrogen and oxygen atoms in total. The number of nitrogens with one attached hydrogen (secondary N) is 1. The average Bonchev–Trinajstić information content (AvgIpc) is 2.79. The summed E-state index contributed by atoms with van der Waals surface area (Å²) in [6.45, 7) is 2.38. The second-order valence-corrected chi connectivity index (χ2v) is 4.92. The van der Waals surface area contributed by atoms with Gasteiger partial charge in [0.25, 0.3) is 0 Å². The third kappa shape index (κ3) is 2.87. The van der Waals surface area contributed by atoms with E-state index in [-0.39, 0.29) is 11.4 Å². The van der Waals surface area contributed by atoms with Gasteiger partial charge in [-0.05, 0) is 30.7 Å². The normalized spacial score (nSPS) is 10.3. The molecular weight excluding hydrogens is 253 g/mol. The summed E-state index contributed by atoms with van der Waals surface area (Å²) >= 11 is 1.37. The van der Waals surface area contributed by atoms with E-state index in [0.29, 0.717) is 6.54 Å². The lowest BCUT2D eigenvalue weighted by molar-refractivity contribution is 0.0697. The standard InChI is InChI=1S/C13H12FNO2S/c1-8-2-3-10(14)5-12(8)15-6-11-4-9(7-18-11)13(16)17/h2-5,7,15H,6H2,1H3,(H,16,17). The Kier molecular flexibility index (Phi) is 3.62. The van der Waals surface area contributed by atoms with Crippen molar-refractivity contribution in [3.05, 3.63) is 51.5 Å². The summed E-state index contributed by atoms with van der Waals surface area (Å²) in [5.41, 5.74) is 1.96. The molecule has 94 valence electrons. The number of hydrogen-bond acceptors (Lipinski definition) is 3. The van der Waals surface area contributed by atoms with E-state index in [0.717, 1.165) is 16.1 Å². The van der Waals surface area contributed by atoms with Crippen molar-refractivity contribution in [2.24, 2.45) is 0 Å².